The summed E-state index contributed by atoms with van der Waals surface area (Å²) in [5.74, 6) is 0.709. The van der Waals surface area contributed by atoms with Gasteiger partial charge in [0.1, 0.15) is 11.6 Å². The highest BCUT2D eigenvalue weighted by atomic mass is 16.1. The molecule has 3 rings (SSSR count). The van der Waals surface area contributed by atoms with Gasteiger partial charge in [-0.1, -0.05) is 97.6 Å². The zero-order valence-corrected chi connectivity index (χ0v) is 24.9. The number of allylic oxidation sites excluding steroid dienone is 4. The molecule has 0 heterocycles. The molecule has 0 radical (unpaired) electrons. The van der Waals surface area contributed by atoms with Gasteiger partial charge in [0.2, 0.25) is 0 Å². The van der Waals surface area contributed by atoms with Gasteiger partial charge in [0.25, 0.3) is 0 Å². The number of hydrogen-bond acceptors (Lipinski definition) is 3. The van der Waals surface area contributed by atoms with Gasteiger partial charge in [0.05, 0.1) is 6.42 Å². The fourth-order valence-corrected chi connectivity index (χ4v) is 5.72. The van der Waals surface area contributed by atoms with E-state index in [-0.39, 0.29) is 41.5 Å². The Morgan fingerprint density at radius 1 is 1.00 bits per heavy atom. The van der Waals surface area contributed by atoms with Crippen LogP contribution in [0.1, 0.15) is 133 Å². The number of benzene rings is 1. The summed E-state index contributed by atoms with van der Waals surface area (Å²) in [5, 5.41) is 0. The Labute approximate surface area is 227 Å². The molecule has 206 valence electrons. The maximum atomic E-state index is 13.2. The standard InChI is InChI=1S/C28H36O3.2C3H8/c1-5-9-22(24(6-2)26(30)14-18(3)29)15-20-16-23-12-13-25(21-10-7-8-11-21)19(4)28(23)27(31)17-20;2*1-3-2/h7-8,10,12-13,20,22,24H,5-6,9,11,14-17H2,1-4H3;2*3H2,1-2H3. The molecule has 3 nitrogen and oxygen atoms in total. The lowest BCUT2D eigenvalue weighted by molar-refractivity contribution is -0.129. The second kappa shape index (κ2) is 17.3. The van der Waals surface area contributed by atoms with Crippen LogP contribution < -0.4 is 0 Å². The van der Waals surface area contributed by atoms with Crippen LogP contribution in [0, 0.1) is 24.7 Å². The van der Waals surface area contributed by atoms with Gasteiger partial charge in [-0.2, -0.15) is 0 Å². The van der Waals surface area contributed by atoms with Crippen LogP contribution in [0.15, 0.2) is 30.4 Å². The molecule has 0 aromatic heterocycles. The lowest BCUT2D eigenvalue weighted by Crippen LogP contribution is -2.30. The second-order valence-electron chi connectivity index (χ2n) is 10.9. The molecule has 2 aliphatic rings. The van der Waals surface area contributed by atoms with Gasteiger partial charge in [0.15, 0.2) is 5.78 Å². The van der Waals surface area contributed by atoms with E-state index in [2.05, 4.69) is 71.9 Å². The van der Waals surface area contributed by atoms with Gasteiger partial charge in [-0.25, -0.2) is 0 Å². The highest BCUT2D eigenvalue weighted by Gasteiger charge is 2.33. The van der Waals surface area contributed by atoms with Crippen molar-refractivity contribution in [2.24, 2.45) is 17.8 Å². The van der Waals surface area contributed by atoms with Crippen LogP contribution in [0.4, 0.5) is 0 Å². The predicted octanol–water partition coefficient (Wildman–Crippen LogP) is 9.30. The van der Waals surface area contributed by atoms with Crippen molar-refractivity contribution in [3.8, 4) is 0 Å². The Morgan fingerprint density at radius 2 is 1.65 bits per heavy atom. The Bertz CT molecular complexity index is 948. The number of hydrogen-bond donors (Lipinski definition) is 0. The van der Waals surface area contributed by atoms with Crippen molar-refractivity contribution < 1.29 is 14.4 Å². The molecular weight excluding hydrogens is 456 g/mol. The lowest BCUT2D eigenvalue weighted by atomic mass is 9.71. The molecule has 3 heteroatoms. The van der Waals surface area contributed by atoms with Crippen LogP contribution in [-0.4, -0.2) is 17.3 Å². The molecule has 0 bridgehead atoms. The van der Waals surface area contributed by atoms with Crippen molar-refractivity contribution in [1.29, 1.82) is 0 Å². The number of carbonyl (C=O) groups excluding carboxylic acids is 3. The minimum absolute atomic E-state index is 0.0395. The van der Waals surface area contributed by atoms with Crippen molar-refractivity contribution >= 4 is 22.9 Å². The molecule has 0 saturated carbocycles. The van der Waals surface area contributed by atoms with E-state index in [9.17, 15) is 14.4 Å². The molecule has 1 aromatic rings. The molecule has 3 atom stereocenters. The van der Waals surface area contributed by atoms with Gasteiger partial charge < -0.3 is 0 Å². The highest BCUT2D eigenvalue weighted by molar-refractivity contribution is 6.01. The Hall–Kier alpha value is -2.29. The second-order valence-corrected chi connectivity index (χ2v) is 10.9. The summed E-state index contributed by atoms with van der Waals surface area (Å²) in [6.07, 6.45) is 14.9. The molecule has 0 amide bonds. The average Bonchev–Trinajstić information content (AvgIpc) is 3.35. The minimum Gasteiger partial charge on any atom is -0.300 e. The Kier molecular flexibility index (Phi) is 15.3. The predicted molar refractivity (Wildman–Crippen MR) is 158 cm³/mol. The molecule has 0 spiro atoms. The van der Waals surface area contributed by atoms with Crippen LogP contribution in [0.2, 0.25) is 0 Å². The molecule has 1 aromatic carbocycles. The van der Waals surface area contributed by atoms with Crippen LogP contribution in [0.5, 0.6) is 0 Å². The molecule has 0 saturated heterocycles. The number of carbonyl (C=O) groups is 3. The van der Waals surface area contributed by atoms with Crippen LogP contribution in [-0.2, 0) is 16.0 Å². The largest absolute Gasteiger partial charge is 0.300 e. The van der Waals surface area contributed by atoms with Crippen molar-refractivity contribution in [3.63, 3.8) is 0 Å². The molecule has 0 fully saturated rings. The van der Waals surface area contributed by atoms with Crippen molar-refractivity contribution in [2.75, 3.05) is 0 Å². The monoisotopic (exact) mass is 508 g/mol. The van der Waals surface area contributed by atoms with E-state index >= 15 is 0 Å². The van der Waals surface area contributed by atoms with Crippen LogP contribution in [0.25, 0.3) is 5.57 Å². The maximum Gasteiger partial charge on any atom is 0.163 e. The van der Waals surface area contributed by atoms with E-state index < -0.39 is 0 Å². The topological polar surface area (TPSA) is 51.2 Å². The third-order valence-electron chi connectivity index (χ3n) is 7.07. The first-order valence-corrected chi connectivity index (χ1v) is 14.7. The van der Waals surface area contributed by atoms with E-state index in [1.807, 2.05) is 6.92 Å². The van der Waals surface area contributed by atoms with E-state index in [4.69, 9.17) is 0 Å². The van der Waals surface area contributed by atoms with Gasteiger partial charge >= 0.3 is 0 Å². The Balaban J connectivity index is 0.00000104. The minimum atomic E-state index is -0.0775. The fraction of sp³-hybridized carbons (Fsp3) is 0.618. The normalized spacial score (nSPS) is 17.5. The van der Waals surface area contributed by atoms with Gasteiger partial charge in [0, 0.05) is 17.9 Å². The molecule has 0 aliphatic heterocycles. The smallest absolute Gasteiger partial charge is 0.163 e. The maximum absolute atomic E-state index is 13.2. The zero-order chi connectivity index (χ0) is 28.0. The third kappa shape index (κ3) is 9.83. The first-order chi connectivity index (χ1) is 17.7. The third-order valence-corrected chi connectivity index (χ3v) is 7.07. The molecule has 37 heavy (non-hydrogen) atoms. The van der Waals surface area contributed by atoms with E-state index in [1.165, 1.54) is 30.9 Å². The zero-order valence-electron chi connectivity index (χ0n) is 24.9. The SMILES string of the molecule is CCC.CCC.CCCC(CC1CC(=O)c2c(ccc(C3=CC=CC3)c2C)C1)C(CC)C(=O)CC(C)=O. The summed E-state index contributed by atoms with van der Waals surface area (Å²) < 4.78 is 0. The fourth-order valence-electron chi connectivity index (χ4n) is 5.72. The van der Waals surface area contributed by atoms with Crippen molar-refractivity contribution in [3.05, 3.63) is 52.6 Å². The van der Waals surface area contributed by atoms with Crippen LogP contribution >= 0.6 is 0 Å². The average molecular weight is 509 g/mol. The number of ketones is 3. The quantitative estimate of drug-likeness (QED) is 0.296. The van der Waals surface area contributed by atoms with Gasteiger partial charge in [-0.15, -0.1) is 0 Å². The molecule has 2 aliphatic carbocycles. The first-order valence-electron chi connectivity index (χ1n) is 14.7. The molecule has 0 N–H and O–H groups in total. The summed E-state index contributed by atoms with van der Waals surface area (Å²) in [6, 6.07) is 4.32. The van der Waals surface area contributed by atoms with Gasteiger partial charge in [-0.05, 0) is 73.6 Å². The summed E-state index contributed by atoms with van der Waals surface area (Å²) in [6.45, 7) is 16.3. The highest BCUT2D eigenvalue weighted by Crippen LogP contribution is 2.38. The van der Waals surface area contributed by atoms with Gasteiger partial charge in [-0.3, -0.25) is 14.4 Å². The van der Waals surface area contributed by atoms with Crippen molar-refractivity contribution in [2.45, 2.75) is 120 Å². The van der Waals surface area contributed by atoms with E-state index in [1.54, 1.807) is 0 Å². The lowest BCUT2D eigenvalue weighted by Gasteiger charge is -2.32. The van der Waals surface area contributed by atoms with E-state index in [0.29, 0.717) is 6.42 Å². The number of Topliss-reactive ketones (excluding diaryl/α,β-unsaturated/α-hetero) is 3. The molecule has 3 unspecified atom stereocenters. The Morgan fingerprint density at radius 3 is 2.16 bits per heavy atom. The van der Waals surface area contributed by atoms with Crippen molar-refractivity contribution in [1.82, 2.24) is 0 Å². The number of fused-ring (bicyclic) bond motifs is 1. The summed E-state index contributed by atoms with van der Waals surface area (Å²) in [5.41, 5.74) is 5.68. The molecular formula is C34H52O3. The summed E-state index contributed by atoms with van der Waals surface area (Å²) >= 11 is 0. The summed E-state index contributed by atoms with van der Waals surface area (Å²) in [7, 11) is 0. The van der Waals surface area contributed by atoms with E-state index in [0.717, 1.165) is 55.2 Å². The summed E-state index contributed by atoms with van der Waals surface area (Å²) in [4.78, 5) is 37.4. The number of rotatable bonds is 10. The van der Waals surface area contributed by atoms with Crippen LogP contribution in [0.3, 0.4) is 0 Å². The first kappa shape index (κ1) is 32.7.